The highest BCUT2D eigenvalue weighted by Crippen LogP contribution is 2.28. The summed E-state index contributed by atoms with van der Waals surface area (Å²) in [5.74, 6) is 0.431. The Morgan fingerprint density at radius 3 is 2.80 bits per heavy atom. The van der Waals surface area contributed by atoms with Gasteiger partial charge in [-0.25, -0.2) is 18.1 Å². The second-order valence-electron chi connectivity index (χ2n) is 5.29. The molecule has 2 atom stereocenters. The minimum absolute atomic E-state index is 0.0328. The van der Waals surface area contributed by atoms with E-state index in [-0.39, 0.29) is 11.1 Å². The number of nitrogens with one attached hydrogen (secondary N) is 2. The highest BCUT2D eigenvalue weighted by atomic mass is 32.2. The highest BCUT2D eigenvalue weighted by molar-refractivity contribution is 7.89. The van der Waals surface area contributed by atoms with Crippen molar-refractivity contribution < 1.29 is 8.42 Å². The van der Waals surface area contributed by atoms with Gasteiger partial charge in [0, 0.05) is 19.3 Å². The minimum Gasteiger partial charge on any atom is -0.386 e. The van der Waals surface area contributed by atoms with Crippen LogP contribution < -0.4 is 10.0 Å². The molecule has 1 saturated carbocycles. The van der Waals surface area contributed by atoms with Gasteiger partial charge >= 0.3 is 0 Å². The Labute approximate surface area is 121 Å². The molecular formula is C14H23N3O2S. The number of nitrogens with zero attached hydrogens (tertiary/aromatic N) is 1. The van der Waals surface area contributed by atoms with Gasteiger partial charge in [0.05, 0.1) is 5.69 Å². The topological polar surface area (TPSA) is 71.1 Å². The molecule has 2 unspecified atom stereocenters. The van der Waals surface area contributed by atoms with Gasteiger partial charge in [-0.3, -0.25) is 0 Å². The molecule has 1 aromatic heterocycles. The fourth-order valence-electron chi connectivity index (χ4n) is 2.90. The summed E-state index contributed by atoms with van der Waals surface area (Å²) in [7, 11) is -1.87. The average molecular weight is 297 g/mol. The molecule has 6 heteroatoms. The molecule has 0 bridgehead atoms. The molecule has 0 saturated heterocycles. The van der Waals surface area contributed by atoms with E-state index in [0.717, 1.165) is 25.7 Å². The summed E-state index contributed by atoms with van der Waals surface area (Å²) in [4.78, 5) is 4.02. The van der Waals surface area contributed by atoms with Crippen LogP contribution in [0.4, 0.5) is 5.69 Å². The normalized spacial score (nSPS) is 23.5. The zero-order valence-electron chi connectivity index (χ0n) is 12.1. The van der Waals surface area contributed by atoms with Crippen molar-refractivity contribution in [3.8, 4) is 0 Å². The number of sulfonamides is 1. The van der Waals surface area contributed by atoms with Gasteiger partial charge < -0.3 is 5.32 Å². The first kappa shape index (κ1) is 15.3. The quantitative estimate of drug-likeness (QED) is 0.875. The number of aromatic nitrogens is 1. The van der Waals surface area contributed by atoms with Crippen molar-refractivity contribution in [1.82, 2.24) is 9.71 Å². The lowest BCUT2D eigenvalue weighted by Crippen LogP contribution is -2.42. The molecule has 2 N–H and O–H groups in total. The summed E-state index contributed by atoms with van der Waals surface area (Å²) >= 11 is 0. The van der Waals surface area contributed by atoms with E-state index >= 15 is 0 Å². The number of hydrogen-bond acceptors (Lipinski definition) is 4. The largest absolute Gasteiger partial charge is 0.386 e. The van der Waals surface area contributed by atoms with E-state index in [0.29, 0.717) is 11.6 Å². The van der Waals surface area contributed by atoms with Crippen LogP contribution in [0.2, 0.25) is 0 Å². The number of rotatable bonds is 5. The van der Waals surface area contributed by atoms with Crippen LogP contribution in [0, 0.1) is 5.92 Å². The van der Waals surface area contributed by atoms with E-state index in [1.165, 1.54) is 12.6 Å². The molecule has 0 aliphatic heterocycles. The van der Waals surface area contributed by atoms with E-state index in [1.54, 1.807) is 19.2 Å². The van der Waals surface area contributed by atoms with Gasteiger partial charge in [0.15, 0.2) is 5.03 Å². The number of anilines is 1. The first-order valence-electron chi connectivity index (χ1n) is 7.23. The number of hydrogen-bond donors (Lipinski definition) is 2. The maximum Gasteiger partial charge on any atom is 0.260 e. The van der Waals surface area contributed by atoms with Gasteiger partial charge in [0.2, 0.25) is 0 Å². The summed E-state index contributed by atoms with van der Waals surface area (Å²) < 4.78 is 27.9. The maximum atomic E-state index is 12.5. The summed E-state index contributed by atoms with van der Waals surface area (Å²) in [6.07, 6.45) is 6.82. The van der Waals surface area contributed by atoms with Gasteiger partial charge in [-0.05, 0) is 30.9 Å². The molecule has 1 aliphatic rings. The Balaban J connectivity index is 2.22. The molecule has 20 heavy (non-hydrogen) atoms. The Hall–Kier alpha value is -1.14. The average Bonchev–Trinajstić information content (AvgIpc) is 2.47. The lowest BCUT2D eigenvalue weighted by molar-refractivity contribution is 0.282. The van der Waals surface area contributed by atoms with Gasteiger partial charge in [0.25, 0.3) is 10.0 Å². The Morgan fingerprint density at radius 2 is 2.10 bits per heavy atom. The highest BCUT2D eigenvalue weighted by Gasteiger charge is 2.30. The third-order valence-electron chi connectivity index (χ3n) is 4.04. The molecule has 1 heterocycles. The van der Waals surface area contributed by atoms with Crippen molar-refractivity contribution in [1.29, 1.82) is 0 Å². The second kappa shape index (κ2) is 6.54. The zero-order chi connectivity index (χ0) is 14.6. The lowest BCUT2D eigenvalue weighted by Gasteiger charge is -2.31. The predicted octanol–water partition coefficient (Wildman–Crippen LogP) is 2.37. The van der Waals surface area contributed by atoms with Crippen LogP contribution in [0.25, 0.3) is 0 Å². The van der Waals surface area contributed by atoms with E-state index in [1.807, 2.05) is 0 Å². The van der Waals surface area contributed by atoms with Gasteiger partial charge in [-0.2, -0.15) is 0 Å². The minimum atomic E-state index is -3.57. The van der Waals surface area contributed by atoms with Crippen molar-refractivity contribution in [3.05, 3.63) is 18.3 Å². The van der Waals surface area contributed by atoms with E-state index in [2.05, 4.69) is 21.9 Å². The fourth-order valence-corrected chi connectivity index (χ4v) is 4.38. The second-order valence-corrected chi connectivity index (χ2v) is 6.92. The van der Waals surface area contributed by atoms with Crippen LogP contribution in [0.3, 0.4) is 0 Å². The molecule has 1 fully saturated rings. The Kier molecular flexibility index (Phi) is 4.99. The van der Waals surface area contributed by atoms with Crippen molar-refractivity contribution in [2.75, 3.05) is 12.4 Å². The molecule has 112 valence electrons. The van der Waals surface area contributed by atoms with E-state index in [4.69, 9.17) is 0 Å². The molecule has 0 amide bonds. The van der Waals surface area contributed by atoms with Crippen molar-refractivity contribution in [2.45, 2.75) is 50.1 Å². The molecule has 1 aliphatic carbocycles. The lowest BCUT2D eigenvalue weighted by atomic mass is 9.83. The van der Waals surface area contributed by atoms with E-state index < -0.39 is 10.0 Å². The van der Waals surface area contributed by atoms with Crippen LogP contribution in [0.5, 0.6) is 0 Å². The molecule has 0 spiro atoms. The van der Waals surface area contributed by atoms with Crippen LogP contribution in [-0.2, 0) is 10.0 Å². The fraction of sp³-hybridized carbons (Fsp3) is 0.643. The first-order valence-corrected chi connectivity index (χ1v) is 8.72. The first-order chi connectivity index (χ1) is 9.58. The molecule has 5 nitrogen and oxygen atoms in total. The van der Waals surface area contributed by atoms with Gasteiger partial charge in [-0.1, -0.05) is 26.2 Å². The van der Waals surface area contributed by atoms with Gasteiger partial charge in [-0.15, -0.1) is 0 Å². The summed E-state index contributed by atoms with van der Waals surface area (Å²) in [5.41, 5.74) is 0.531. The van der Waals surface area contributed by atoms with Crippen molar-refractivity contribution in [2.24, 2.45) is 5.92 Å². The summed E-state index contributed by atoms with van der Waals surface area (Å²) in [6.45, 7) is 2.12. The third-order valence-corrected chi connectivity index (χ3v) is 5.48. The Bertz CT molecular complexity index is 545. The number of pyridine rings is 1. The molecule has 0 aromatic carbocycles. The Morgan fingerprint density at radius 1 is 1.35 bits per heavy atom. The standard InChI is InChI=1S/C14H23N3O2S/c1-3-11-7-4-5-8-12(11)17-20(18,19)14-13(15-2)9-6-10-16-14/h6,9-12,15,17H,3-5,7-8H2,1-2H3. The third kappa shape index (κ3) is 3.30. The summed E-state index contributed by atoms with van der Waals surface area (Å²) in [6, 6.07) is 3.48. The molecular weight excluding hydrogens is 274 g/mol. The van der Waals surface area contributed by atoms with Crippen LogP contribution in [0.1, 0.15) is 39.0 Å². The molecule has 2 rings (SSSR count). The van der Waals surface area contributed by atoms with E-state index in [9.17, 15) is 8.42 Å². The van der Waals surface area contributed by atoms with Gasteiger partial charge in [0.1, 0.15) is 0 Å². The zero-order valence-corrected chi connectivity index (χ0v) is 12.9. The van der Waals surface area contributed by atoms with Crippen LogP contribution >= 0.6 is 0 Å². The van der Waals surface area contributed by atoms with Crippen molar-refractivity contribution >= 4 is 15.7 Å². The van der Waals surface area contributed by atoms with Crippen LogP contribution in [0.15, 0.2) is 23.4 Å². The predicted molar refractivity (Wildman–Crippen MR) is 80.1 cm³/mol. The SMILES string of the molecule is CCC1CCCCC1NS(=O)(=O)c1ncccc1NC. The van der Waals surface area contributed by atoms with Crippen molar-refractivity contribution in [3.63, 3.8) is 0 Å². The smallest absolute Gasteiger partial charge is 0.260 e. The summed E-state index contributed by atoms with van der Waals surface area (Å²) in [5, 5.41) is 2.97. The molecule has 1 aromatic rings. The van der Waals surface area contributed by atoms with Crippen LogP contribution in [-0.4, -0.2) is 26.5 Å². The maximum absolute atomic E-state index is 12.5. The monoisotopic (exact) mass is 297 g/mol. The molecule has 0 radical (unpaired) electrons.